The predicted octanol–water partition coefficient (Wildman–Crippen LogP) is 4.00. The molecule has 3 aromatic rings. The van der Waals surface area contributed by atoms with Gasteiger partial charge in [-0.3, -0.25) is 9.59 Å². The zero-order valence-corrected chi connectivity index (χ0v) is 15.2. The molecule has 2 heterocycles. The van der Waals surface area contributed by atoms with E-state index in [1.54, 1.807) is 24.3 Å². The van der Waals surface area contributed by atoms with Gasteiger partial charge in [-0.2, -0.15) is 0 Å². The highest BCUT2D eigenvalue weighted by Crippen LogP contribution is 2.30. The maximum Gasteiger partial charge on any atom is 0.337 e. The fourth-order valence-corrected chi connectivity index (χ4v) is 3.57. The van der Waals surface area contributed by atoms with Gasteiger partial charge in [0.25, 0.3) is 5.91 Å². The van der Waals surface area contributed by atoms with Crippen LogP contribution in [-0.4, -0.2) is 23.5 Å². The van der Waals surface area contributed by atoms with E-state index in [0.29, 0.717) is 16.6 Å². The fraction of sp³-hybridized carbons (Fsp3) is 0.105. The van der Waals surface area contributed by atoms with Gasteiger partial charge in [-0.05, 0) is 36.8 Å². The first kappa shape index (κ1) is 17.6. The summed E-state index contributed by atoms with van der Waals surface area (Å²) in [6.07, 6.45) is 0.275. The Balaban J connectivity index is 1.86. The van der Waals surface area contributed by atoms with Crippen molar-refractivity contribution in [3.63, 3.8) is 0 Å². The average molecular weight is 404 g/mol. The van der Waals surface area contributed by atoms with E-state index in [0.717, 1.165) is 0 Å². The summed E-state index contributed by atoms with van der Waals surface area (Å²) in [5, 5.41) is 9.86. The van der Waals surface area contributed by atoms with Gasteiger partial charge in [0.05, 0.1) is 26.6 Å². The highest BCUT2D eigenvalue weighted by Gasteiger charge is 2.31. The number of rotatable bonds is 2. The number of hydrogen-bond donors (Lipinski definition) is 1. The van der Waals surface area contributed by atoms with Crippen molar-refractivity contribution in [2.24, 2.45) is 0 Å². The number of nitrogens with zero attached hydrogens (tertiary/aromatic N) is 1. The Morgan fingerprint density at radius 1 is 1.11 bits per heavy atom. The van der Waals surface area contributed by atoms with E-state index in [-0.39, 0.29) is 45.3 Å². The van der Waals surface area contributed by atoms with Crippen LogP contribution < -0.4 is 10.3 Å². The van der Waals surface area contributed by atoms with Crippen molar-refractivity contribution in [1.29, 1.82) is 0 Å². The molecule has 136 valence electrons. The maximum absolute atomic E-state index is 13.0. The second-order valence-corrected chi connectivity index (χ2v) is 6.85. The van der Waals surface area contributed by atoms with Crippen molar-refractivity contribution < 1.29 is 19.1 Å². The van der Waals surface area contributed by atoms with Gasteiger partial charge in [0.2, 0.25) is 0 Å². The summed E-state index contributed by atoms with van der Waals surface area (Å²) in [6, 6.07) is 9.09. The summed E-state index contributed by atoms with van der Waals surface area (Å²) in [4.78, 5) is 38.3. The van der Waals surface area contributed by atoms with Crippen molar-refractivity contribution in [3.05, 3.63) is 73.6 Å². The van der Waals surface area contributed by atoms with E-state index >= 15 is 0 Å². The van der Waals surface area contributed by atoms with Gasteiger partial charge in [0, 0.05) is 12.2 Å². The topological polar surface area (TPSA) is 87.8 Å². The molecule has 1 aromatic heterocycles. The predicted molar refractivity (Wildman–Crippen MR) is 101 cm³/mol. The van der Waals surface area contributed by atoms with Gasteiger partial charge in [0.15, 0.2) is 16.8 Å². The van der Waals surface area contributed by atoms with E-state index in [2.05, 4.69) is 0 Å². The molecule has 8 heteroatoms. The number of fused-ring (bicyclic) bond motifs is 2. The van der Waals surface area contributed by atoms with Gasteiger partial charge in [-0.1, -0.05) is 29.3 Å². The number of hydrogen-bond acceptors (Lipinski definition) is 4. The lowest BCUT2D eigenvalue weighted by atomic mass is 10.0. The molecule has 0 fully saturated rings. The Bertz CT molecular complexity index is 1180. The zero-order valence-electron chi connectivity index (χ0n) is 13.7. The molecule has 0 unspecified atom stereocenters. The van der Waals surface area contributed by atoms with E-state index in [1.807, 2.05) is 0 Å². The number of para-hydroxylation sites is 1. The third-order valence-electron chi connectivity index (χ3n) is 4.48. The van der Waals surface area contributed by atoms with Crippen LogP contribution in [0.4, 0.5) is 5.69 Å². The van der Waals surface area contributed by atoms with Crippen LogP contribution in [0.2, 0.25) is 10.0 Å². The smallest absolute Gasteiger partial charge is 0.337 e. The summed E-state index contributed by atoms with van der Waals surface area (Å²) < 4.78 is 5.70. The monoisotopic (exact) mass is 403 g/mol. The van der Waals surface area contributed by atoms with Crippen molar-refractivity contribution >= 4 is 51.7 Å². The summed E-state index contributed by atoms with van der Waals surface area (Å²) in [5.41, 5.74) is 0.396. The molecule has 6 nitrogen and oxygen atoms in total. The molecule has 1 N–H and O–H groups in total. The minimum Gasteiger partial charge on any atom is -0.478 e. The molecule has 0 spiro atoms. The van der Waals surface area contributed by atoms with Crippen LogP contribution >= 0.6 is 23.2 Å². The molecular formula is C19H11Cl2NO5. The number of halogens is 2. The quantitative estimate of drug-likeness (QED) is 0.698. The minimum atomic E-state index is -1.20. The van der Waals surface area contributed by atoms with E-state index in [1.165, 1.54) is 17.0 Å². The molecule has 0 aliphatic carbocycles. The van der Waals surface area contributed by atoms with Crippen LogP contribution in [0.1, 0.15) is 26.5 Å². The Labute approximate surface area is 162 Å². The third-order valence-corrected chi connectivity index (χ3v) is 5.11. The lowest BCUT2D eigenvalue weighted by Gasteiger charge is -2.27. The molecule has 1 amide bonds. The van der Waals surface area contributed by atoms with E-state index in [9.17, 15) is 19.5 Å². The Kier molecular flexibility index (Phi) is 4.17. The van der Waals surface area contributed by atoms with Crippen LogP contribution in [0.25, 0.3) is 11.0 Å². The van der Waals surface area contributed by atoms with Gasteiger partial charge < -0.3 is 14.4 Å². The first-order valence-corrected chi connectivity index (χ1v) is 8.73. The Morgan fingerprint density at radius 3 is 2.63 bits per heavy atom. The number of benzene rings is 2. The Hall–Kier alpha value is -2.83. The largest absolute Gasteiger partial charge is 0.478 e. The number of amides is 1. The second-order valence-electron chi connectivity index (χ2n) is 6.03. The first-order chi connectivity index (χ1) is 12.9. The number of carbonyl (C=O) groups is 2. The number of carboxylic acid groups (broad SMARTS) is 1. The highest BCUT2D eigenvalue weighted by atomic mass is 35.5. The molecule has 0 radical (unpaired) electrons. The molecule has 1 aliphatic rings. The average Bonchev–Trinajstić information content (AvgIpc) is 2.64. The summed E-state index contributed by atoms with van der Waals surface area (Å²) in [7, 11) is 0. The normalized spacial score (nSPS) is 13.7. The number of carbonyl (C=O) groups excluding carboxylic acids is 1. The summed E-state index contributed by atoms with van der Waals surface area (Å²) in [6.45, 7) is 0.212. The van der Waals surface area contributed by atoms with Crippen LogP contribution in [-0.2, 0) is 6.42 Å². The van der Waals surface area contributed by atoms with E-state index < -0.39 is 11.9 Å². The van der Waals surface area contributed by atoms with Crippen molar-refractivity contribution in [2.45, 2.75) is 6.42 Å². The maximum atomic E-state index is 13.0. The van der Waals surface area contributed by atoms with Gasteiger partial charge in [0.1, 0.15) is 0 Å². The van der Waals surface area contributed by atoms with Crippen molar-refractivity contribution in [3.8, 4) is 0 Å². The number of anilines is 1. The standard InChI is InChI=1S/C19H11Cl2NO5/c20-13-5-4-9(8-12(13)19(25)26)22-7-6-11-15(23)10-2-1-3-14(21)16(10)27-17(11)18(22)24/h1-5,8H,6-7H2,(H,25,26). The Morgan fingerprint density at radius 2 is 1.89 bits per heavy atom. The highest BCUT2D eigenvalue weighted by molar-refractivity contribution is 6.35. The van der Waals surface area contributed by atoms with Gasteiger partial charge in [-0.15, -0.1) is 0 Å². The van der Waals surface area contributed by atoms with Crippen LogP contribution in [0, 0.1) is 0 Å². The van der Waals surface area contributed by atoms with Gasteiger partial charge >= 0.3 is 5.97 Å². The molecule has 2 aromatic carbocycles. The van der Waals surface area contributed by atoms with Crippen molar-refractivity contribution in [1.82, 2.24) is 0 Å². The first-order valence-electron chi connectivity index (χ1n) is 7.97. The van der Waals surface area contributed by atoms with Crippen LogP contribution in [0.15, 0.2) is 45.6 Å². The molecule has 0 saturated carbocycles. The van der Waals surface area contributed by atoms with Crippen LogP contribution in [0.3, 0.4) is 0 Å². The summed E-state index contributed by atoms with van der Waals surface area (Å²) >= 11 is 12.0. The second kappa shape index (κ2) is 6.40. The zero-order chi connectivity index (χ0) is 19.3. The lowest BCUT2D eigenvalue weighted by Crippen LogP contribution is -2.40. The SMILES string of the molecule is O=C(O)c1cc(N2CCc3c(oc4c(Cl)cccc4c3=O)C2=O)ccc1Cl. The third kappa shape index (κ3) is 2.78. The molecule has 0 atom stereocenters. The molecule has 27 heavy (non-hydrogen) atoms. The minimum absolute atomic E-state index is 0.0698. The molecule has 1 aliphatic heterocycles. The molecule has 0 bridgehead atoms. The van der Waals surface area contributed by atoms with E-state index in [4.69, 9.17) is 27.6 Å². The lowest BCUT2D eigenvalue weighted by molar-refractivity contribution is 0.0696. The van der Waals surface area contributed by atoms with Gasteiger partial charge in [-0.25, -0.2) is 4.79 Å². The molecular weight excluding hydrogens is 393 g/mol. The number of carboxylic acids is 1. The molecule has 0 saturated heterocycles. The van der Waals surface area contributed by atoms with Crippen LogP contribution in [0.5, 0.6) is 0 Å². The summed E-state index contributed by atoms with van der Waals surface area (Å²) in [5.74, 6) is -1.82. The molecule has 4 rings (SSSR count). The fourth-order valence-electron chi connectivity index (χ4n) is 3.16. The number of aromatic carboxylic acids is 1. The van der Waals surface area contributed by atoms with Crippen molar-refractivity contribution in [2.75, 3.05) is 11.4 Å².